The van der Waals surface area contributed by atoms with E-state index in [-0.39, 0.29) is 23.9 Å². The van der Waals surface area contributed by atoms with Crippen molar-refractivity contribution in [2.24, 2.45) is 5.92 Å². The highest BCUT2D eigenvalue weighted by atomic mass is 32.1. The minimum atomic E-state index is -1.09. The maximum Gasteiger partial charge on any atom is 0.410 e. The summed E-state index contributed by atoms with van der Waals surface area (Å²) in [6.07, 6.45) is 1.81. The van der Waals surface area contributed by atoms with Crippen molar-refractivity contribution >= 4 is 34.3 Å². The van der Waals surface area contributed by atoms with Crippen molar-refractivity contribution in [1.82, 2.24) is 4.90 Å². The lowest BCUT2D eigenvalue weighted by Crippen LogP contribution is -2.39. The van der Waals surface area contributed by atoms with Crippen LogP contribution in [0.15, 0.2) is 0 Å². The molecule has 1 aromatic heterocycles. The number of hydrogen-bond donors (Lipinski definition) is 2. The molecule has 1 aliphatic heterocycles. The predicted molar refractivity (Wildman–Crippen MR) is 93.0 cm³/mol. The smallest absolute Gasteiger partial charge is 0.410 e. The molecular formula is C17H22N2O5S. The van der Waals surface area contributed by atoms with Crippen molar-refractivity contribution in [2.45, 2.75) is 52.2 Å². The Hall–Kier alpha value is -2.09. The van der Waals surface area contributed by atoms with Gasteiger partial charge in [-0.1, -0.05) is 0 Å². The van der Waals surface area contributed by atoms with E-state index in [0.29, 0.717) is 23.5 Å². The van der Waals surface area contributed by atoms with Crippen LogP contribution in [0.5, 0.6) is 0 Å². The average Bonchev–Trinajstić information content (AvgIpc) is 3.26. The number of nitrogens with one attached hydrogen (secondary N) is 1. The third-order valence-electron chi connectivity index (χ3n) is 4.10. The van der Waals surface area contributed by atoms with E-state index in [1.165, 1.54) is 16.2 Å². The van der Waals surface area contributed by atoms with Crippen molar-refractivity contribution in [1.29, 1.82) is 0 Å². The molecule has 0 atom stereocenters. The van der Waals surface area contributed by atoms with Crippen LogP contribution < -0.4 is 5.32 Å². The Morgan fingerprint density at radius 2 is 1.96 bits per heavy atom. The maximum atomic E-state index is 12.3. The molecule has 8 heteroatoms. The highest BCUT2D eigenvalue weighted by Gasteiger charge is 2.34. The van der Waals surface area contributed by atoms with E-state index in [9.17, 15) is 19.5 Å². The topological polar surface area (TPSA) is 95.9 Å². The van der Waals surface area contributed by atoms with Crippen molar-refractivity contribution in [3.8, 4) is 0 Å². The van der Waals surface area contributed by atoms with Crippen molar-refractivity contribution < 1.29 is 24.2 Å². The zero-order valence-corrected chi connectivity index (χ0v) is 15.4. The van der Waals surface area contributed by atoms with Gasteiger partial charge < -0.3 is 20.1 Å². The van der Waals surface area contributed by atoms with E-state index < -0.39 is 17.7 Å². The molecule has 0 bridgehead atoms. The zero-order chi connectivity index (χ0) is 18.4. The number of fused-ring (bicyclic) bond motifs is 1. The Labute approximate surface area is 150 Å². The molecule has 2 amide bonds. The molecule has 0 spiro atoms. The number of carboxylic acid groups (broad SMARTS) is 1. The number of ether oxygens (including phenoxy) is 1. The van der Waals surface area contributed by atoms with Crippen molar-refractivity contribution in [2.75, 3.05) is 11.9 Å². The largest absolute Gasteiger partial charge is 0.478 e. The number of thiophene rings is 1. The summed E-state index contributed by atoms with van der Waals surface area (Å²) in [4.78, 5) is 38.5. The normalized spacial score (nSPS) is 17.0. The molecule has 25 heavy (non-hydrogen) atoms. The molecule has 1 saturated carbocycles. The maximum absolute atomic E-state index is 12.3. The van der Waals surface area contributed by atoms with E-state index in [0.717, 1.165) is 17.7 Å². The summed E-state index contributed by atoms with van der Waals surface area (Å²) in [5.74, 6) is -1.21. The van der Waals surface area contributed by atoms with Crippen LogP contribution in [0.2, 0.25) is 0 Å². The van der Waals surface area contributed by atoms with E-state index in [4.69, 9.17) is 4.74 Å². The van der Waals surface area contributed by atoms with Gasteiger partial charge in [0.05, 0.1) is 12.1 Å². The predicted octanol–water partition coefficient (Wildman–Crippen LogP) is 3.09. The summed E-state index contributed by atoms with van der Waals surface area (Å²) in [6, 6.07) is 0. The van der Waals surface area contributed by atoms with Crippen LogP contribution in [0.25, 0.3) is 0 Å². The number of carboxylic acids is 1. The quantitative estimate of drug-likeness (QED) is 0.857. The first kappa shape index (κ1) is 17.7. The molecule has 0 radical (unpaired) electrons. The lowest BCUT2D eigenvalue weighted by molar-refractivity contribution is -0.117. The van der Waals surface area contributed by atoms with Crippen LogP contribution in [-0.2, 0) is 22.5 Å². The number of nitrogens with zero attached hydrogens (tertiary/aromatic N) is 1. The van der Waals surface area contributed by atoms with Crippen LogP contribution in [0.4, 0.5) is 9.80 Å². The molecule has 7 nitrogen and oxygen atoms in total. The Balaban J connectivity index is 1.82. The van der Waals surface area contributed by atoms with Gasteiger partial charge in [-0.05, 0) is 40.0 Å². The molecule has 2 heterocycles. The van der Waals surface area contributed by atoms with E-state index in [2.05, 4.69) is 5.32 Å². The molecular weight excluding hydrogens is 344 g/mol. The van der Waals surface area contributed by atoms with Crippen LogP contribution in [0.1, 0.15) is 54.4 Å². The minimum absolute atomic E-state index is 0.000894. The second-order valence-corrected chi connectivity index (χ2v) is 8.53. The number of aromatic carboxylic acids is 1. The lowest BCUT2D eigenvalue weighted by Gasteiger charge is -2.30. The number of rotatable bonds is 3. The van der Waals surface area contributed by atoms with Gasteiger partial charge in [0, 0.05) is 22.9 Å². The van der Waals surface area contributed by atoms with Gasteiger partial charge in [-0.25, -0.2) is 9.59 Å². The Bertz CT molecular complexity index is 730. The monoisotopic (exact) mass is 366 g/mol. The van der Waals surface area contributed by atoms with Gasteiger partial charge in [0.1, 0.15) is 10.6 Å². The number of amides is 2. The number of carbonyl (C=O) groups excluding carboxylic acids is 2. The van der Waals surface area contributed by atoms with Gasteiger partial charge in [0.2, 0.25) is 5.91 Å². The first-order chi connectivity index (χ1) is 11.7. The number of anilines is 1. The highest BCUT2D eigenvalue weighted by molar-refractivity contribution is 7.17. The van der Waals surface area contributed by atoms with Gasteiger partial charge in [0.25, 0.3) is 0 Å². The van der Waals surface area contributed by atoms with Gasteiger partial charge in [0.15, 0.2) is 0 Å². The summed E-state index contributed by atoms with van der Waals surface area (Å²) in [7, 11) is 0. The molecule has 136 valence electrons. The fourth-order valence-electron chi connectivity index (χ4n) is 2.74. The van der Waals surface area contributed by atoms with E-state index in [1.807, 2.05) is 0 Å². The third kappa shape index (κ3) is 3.95. The van der Waals surface area contributed by atoms with Crippen molar-refractivity contribution in [3.63, 3.8) is 0 Å². The van der Waals surface area contributed by atoms with Crippen LogP contribution in [0, 0.1) is 5.92 Å². The third-order valence-corrected chi connectivity index (χ3v) is 5.31. The van der Waals surface area contributed by atoms with E-state index >= 15 is 0 Å². The average molecular weight is 366 g/mol. The molecule has 1 aliphatic carbocycles. The van der Waals surface area contributed by atoms with Gasteiger partial charge >= 0.3 is 12.1 Å². The second-order valence-electron chi connectivity index (χ2n) is 7.43. The Kier molecular flexibility index (Phi) is 4.49. The molecule has 2 aliphatic rings. The molecule has 3 rings (SSSR count). The lowest BCUT2D eigenvalue weighted by atomic mass is 10.0. The molecule has 1 aromatic rings. The summed E-state index contributed by atoms with van der Waals surface area (Å²) in [5, 5.41) is 12.7. The Morgan fingerprint density at radius 3 is 2.52 bits per heavy atom. The summed E-state index contributed by atoms with van der Waals surface area (Å²) >= 11 is 1.30. The zero-order valence-electron chi connectivity index (χ0n) is 14.5. The standard InChI is InChI=1S/C17H22N2O5S/c1-17(2,3)24-16(23)19-7-6-11-10(8-19)12(15(21)22)14(25-11)18-13(20)9-4-5-9/h9H,4-8H2,1-3H3,(H,18,20)(H,21,22). The van der Waals surface area contributed by atoms with Crippen LogP contribution >= 0.6 is 11.3 Å². The minimum Gasteiger partial charge on any atom is -0.478 e. The highest BCUT2D eigenvalue weighted by Crippen LogP contribution is 2.39. The van der Waals surface area contributed by atoms with Crippen LogP contribution in [-0.4, -0.2) is 40.1 Å². The fraction of sp³-hybridized carbons (Fsp3) is 0.588. The van der Waals surface area contributed by atoms with Crippen molar-refractivity contribution in [3.05, 3.63) is 16.0 Å². The van der Waals surface area contributed by atoms with E-state index in [1.54, 1.807) is 20.8 Å². The summed E-state index contributed by atoms with van der Waals surface area (Å²) in [6.45, 7) is 6.02. The fourth-order valence-corrected chi connectivity index (χ4v) is 3.94. The van der Waals surface area contributed by atoms with Crippen LogP contribution in [0.3, 0.4) is 0 Å². The van der Waals surface area contributed by atoms with Gasteiger partial charge in [-0.15, -0.1) is 11.3 Å². The molecule has 2 N–H and O–H groups in total. The number of carbonyl (C=O) groups is 3. The molecule has 0 saturated heterocycles. The first-order valence-electron chi connectivity index (χ1n) is 8.32. The first-order valence-corrected chi connectivity index (χ1v) is 9.14. The molecule has 1 fully saturated rings. The Morgan fingerprint density at radius 1 is 1.28 bits per heavy atom. The number of hydrogen-bond acceptors (Lipinski definition) is 5. The summed E-state index contributed by atoms with van der Waals surface area (Å²) in [5.41, 5.74) is 0.0911. The van der Waals surface area contributed by atoms with Gasteiger partial charge in [-0.3, -0.25) is 4.79 Å². The summed E-state index contributed by atoms with van der Waals surface area (Å²) < 4.78 is 5.38. The van der Waals surface area contributed by atoms with Gasteiger partial charge in [-0.2, -0.15) is 0 Å². The SMILES string of the molecule is CC(C)(C)OC(=O)N1CCc2sc(NC(=O)C3CC3)c(C(=O)O)c2C1. The molecule has 0 unspecified atom stereocenters. The second kappa shape index (κ2) is 6.33. The molecule has 0 aromatic carbocycles.